The smallest absolute Gasteiger partial charge is 0.321 e. The Kier molecular flexibility index (Phi) is 3.88. The molecule has 86 valence electrons. The molecule has 5 heteroatoms. The zero-order chi connectivity index (χ0) is 10.7. The maximum absolute atomic E-state index is 11.1. The molecular weight excluding hydrogens is 214 g/mol. The molecule has 2 aliphatic rings. The fraction of sp³-hybridized carbons (Fsp3) is 0.900. The standard InChI is InChI=1S/C10H17NO3S/c12-10(13)9-7-15-4-2-11(9)5-8-1-3-14-6-8/h8-9H,1-7H2,(H,12,13). The number of carbonyl (C=O) groups is 1. The summed E-state index contributed by atoms with van der Waals surface area (Å²) in [6.45, 7) is 3.43. The SMILES string of the molecule is O=C(O)C1CSCCN1CC1CCOC1. The van der Waals surface area contributed by atoms with E-state index in [0.29, 0.717) is 5.92 Å². The molecule has 2 saturated heterocycles. The van der Waals surface area contributed by atoms with E-state index in [1.807, 2.05) is 0 Å². The summed E-state index contributed by atoms with van der Waals surface area (Å²) in [5.41, 5.74) is 0. The van der Waals surface area contributed by atoms with Gasteiger partial charge in [-0.15, -0.1) is 0 Å². The van der Waals surface area contributed by atoms with E-state index in [2.05, 4.69) is 4.90 Å². The fourth-order valence-corrected chi connectivity index (χ4v) is 3.25. The van der Waals surface area contributed by atoms with Gasteiger partial charge in [-0.25, -0.2) is 0 Å². The number of ether oxygens (including phenoxy) is 1. The van der Waals surface area contributed by atoms with Crippen LogP contribution >= 0.6 is 11.8 Å². The maximum atomic E-state index is 11.1. The molecule has 4 nitrogen and oxygen atoms in total. The summed E-state index contributed by atoms with van der Waals surface area (Å²) in [6.07, 6.45) is 1.08. The van der Waals surface area contributed by atoms with Crippen LogP contribution < -0.4 is 0 Å². The fourth-order valence-electron chi connectivity index (χ4n) is 2.14. The van der Waals surface area contributed by atoms with E-state index >= 15 is 0 Å². The average Bonchev–Trinajstić information content (AvgIpc) is 2.71. The van der Waals surface area contributed by atoms with Crippen LogP contribution in [0.1, 0.15) is 6.42 Å². The molecule has 2 unspecified atom stereocenters. The van der Waals surface area contributed by atoms with Gasteiger partial charge in [-0.3, -0.25) is 9.69 Å². The number of carboxylic acid groups (broad SMARTS) is 1. The third kappa shape index (κ3) is 2.86. The van der Waals surface area contributed by atoms with Crippen molar-refractivity contribution in [2.24, 2.45) is 5.92 Å². The molecule has 0 bridgehead atoms. The minimum Gasteiger partial charge on any atom is -0.480 e. The highest BCUT2D eigenvalue weighted by Gasteiger charge is 2.31. The predicted octanol–water partition coefficient (Wildman–Crippen LogP) is 0.525. The van der Waals surface area contributed by atoms with Crippen molar-refractivity contribution in [3.05, 3.63) is 0 Å². The summed E-state index contributed by atoms with van der Waals surface area (Å²) in [5.74, 6) is 1.64. The van der Waals surface area contributed by atoms with Crippen LogP contribution in [0.2, 0.25) is 0 Å². The van der Waals surface area contributed by atoms with Crippen LogP contribution in [0.4, 0.5) is 0 Å². The van der Waals surface area contributed by atoms with Gasteiger partial charge in [-0.1, -0.05) is 0 Å². The van der Waals surface area contributed by atoms with Gasteiger partial charge in [0.15, 0.2) is 0 Å². The lowest BCUT2D eigenvalue weighted by atomic mass is 10.1. The molecule has 1 N–H and O–H groups in total. The molecule has 2 heterocycles. The lowest BCUT2D eigenvalue weighted by Crippen LogP contribution is -2.49. The maximum Gasteiger partial charge on any atom is 0.321 e. The van der Waals surface area contributed by atoms with E-state index in [9.17, 15) is 4.79 Å². The molecule has 2 atom stereocenters. The second-order valence-electron chi connectivity index (χ2n) is 4.15. The van der Waals surface area contributed by atoms with Crippen molar-refractivity contribution in [1.82, 2.24) is 4.90 Å². The summed E-state index contributed by atoms with van der Waals surface area (Å²) in [6, 6.07) is -0.288. The Labute approximate surface area is 94.0 Å². The number of nitrogens with zero attached hydrogens (tertiary/aromatic N) is 1. The Hall–Kier alpha value is -0.260. The topological polar surface area (TPSA) is 49.8 Å². The molecule has 0 radical (unpaired) electrons. The Morgan fingerprint density at radius 2 is 2.47 bits per heavy atom. The predicted molar refractivity (Wildman–Crippen MR) is 59.2 cm³/mol. The lowest BCUT2D eigenvalue weighted by Gasteiger charge is -2.33. The van der Waals surface area contributed by atoms with Crippen LogP contribution in [-0.2, 0) is 9.53 Å². The number of hydrogen-bond acceptors (Lipinski definition) is 4. The molecule has 0 spiro atoms. The molecule has 0 aromatic carbocycles. The first-order valence-corrected chi connectivity index (χ1v) is 6.55. The first kappa shape index (κ1) is 11.2. The first-order chi connectivity index (χ1) is 7.27. The number of hydrogen-bond donors (Lipinski definition) is 1. The van der Waals surface area contributed by atoms with E-state index in [1.165, 1.54) is 0 Å². The van der Waals surface area contributed by atoms with Crippen molar-refractivity contribution in [1.29, 1.82) is 0 Å². The highest BCUT2D eigenvalue weighted by Crippen LogP contribution is 2.21. The van der Waals surface area contributed by atoms with E-state index in [-0.39, 0.29) is 6.04 Å². The van der Waals surface area contributed by atoms with Crippen LogP contribution in [0.5, 0.6) is 0 Å². The van der Waals surface area contributed by atoms with Gasteiger partial charge in [-0.2, -0.15) is 11.8 Å². The van der Waals surface area contributed by atoms with E-state index in [1.54, 1.807) is 11.8 Å². The van der Waals surface area contributed by atoms with Gasteiger partial charge in [-0.05, 0) is 12.3 Å². The van der Waals surface area contributed by atoms with E-state index in [4.69, 9.17) is 9.84 Å². The first-order valence-electron chi connectivity index (χ1n) is 5.39. The van der Waals surface area contributed by atoms with Gasteiger partial charge in [0.1, 0.15) is 6.04 Å². The lowest BCUT2D eigenvalue weighted by molar-refractivity contribution is -0.142. The van der Waals surface area contributed by atoms with E-state index < -0.39 is 5.97 Å². The van der Waals surface area contributed by atoms with Gasteiger partial charge < -0.3 is 9.84 Å². The normalized spacial score (nSPS) is 33.1. The summed E-state index contributed by atoms with van der Waals surface area (Å²) in [4.78, 5) is 13.2. The quantitative estimate of drug-likeness (QED) is 0.767. The van der Waals surface area contributed by atoms with Crippen LogP contribution in [0.15, 0.2) is 0 Å². The average molecular weight is 231 g/mol. The molecule has 2 aliphatic heterocycles. The van der Waals surface area contributed by atoms with Gasteiger partial charge in [0, 0.05) is 31.2 Å². The van der Waals surface area contributed by atoms with Crippen LogP contribution in [0, 0.1) is 5.92 Å². The summed E-state index contributed by atoms with van der Waals surface area (Å²) in [5, 5.41) is 9.10. The molecule has 2 fully saturated rings. The molecular formula is C10H17NO3S. The zero-order valence-corrected chi connectivity index (χ0v) is 9.54. The van der Waals surface area contributed by atoms with Crippen molar-refractivity contribution < 1.29 is 14.6 Å². The zero-order valence-electron chi connectivity index (χ0n) is 8.72. The van der Waals surface area contributed by atoms with Gasteiger partial charge >= 0.3 is 5.97 Å². The summed E-state index contributed by atoms with van der Waals surface area (Å²) >= 11 is 1.74. The van der Waals surface area contributed by atoms with Gasteiger partial charge in [0.2, 0.25) is 0 Å². The van der Waals surface area contributed by atoms with Crippen molar-refractivity contribution in [2.45, 2.75) is 12.5 Å². The second-order valence-corrected chi connectivity index (χ2v) is 5.30. The molecule has 0 saturated carbocycles. The highest BCUT2D eigenvalue weighted by molar-refractivity contribution is 7.99. The third-order valence-electron chi connectivity index (χ3n) is 3.04. The van der Waals surface area contributed by atoms with Gasteiger partial charge in [0.25, 0.3) is 0 Å². The number of carboxylic acids is 1. The highest BCUT2D eigenvalue weighted by atomic mass is 32.2. The summed E-state index contributed by atoms with van der Waals surface area (Å²) in [7, 11) is 0. The second kappa shape index (κ2) is 5.18. The minimum absolute atomic E-state index is 0.288. The molecule has 0 aromatic rings. The van der Waals surface area contributed by atoms with Crippen molar-refractivity contribution in [3.8, 4) is 0 Å². The number of rotatable bonds is 3. The molecule has 0 amide bonds. The van der Waals surface area contributed by atoms with Gasteiger partial charge in [0.05, 0.1) is 6.61 Å². The van der Waals surface area contributed by atoms with Crippen molar-refractivity contribution in [2.75, 3.05) is 37.8 Å². The summed E-state index contributed by atoms with van der Waals surface area (Å²) < 4.78 is 5.32. The molecule has 0 aromatic heterocycles. The van der Waals surface area contributed by atoms with Crippen LogP contribution in [-0.4, -0.2) is 59.8 Å². The Morgan fingerprint density at radius 3 is 3.13 bits per heavy atom. The Morgan fingerprint density at radius 1 is 1.60 bits per heavy atom. The molecule has 0 aliphatic carbocycles. The number of thioether (sulfide) groups is 1. The largest absolute Gasteiger partial charge is 0.480 e. The number of aliphatic carboxylic acids is 1. The minimum atomic E-state index is -0.680. The van der Waals surface area contributed by atoms with Crippen LogP contribution in [0.3, 0.4) is 0 Å². The molecule has 2 rings (SSSR count). The van der Waals surface area contributed by atoms with Crippen molar-refractivity contribution >= 4 is 17.7 Å². The molecule has 15 heavy (non-hydrogen) atoms. The Bertz CT molecular complexity index is 231. The third-order valence-corrected chi connectivity index (χ3v) is 4.06. The van der Waals surface area contributed by atoms with Crippen LogP contribution in [0.25, 0.3) is 0 Å². The Balaban J connectivity index is 1.89. The van der Waals surface area contributed by atoms with E-state index in [0.717, 1.165) is 44.2 Å². The monoisotopic (exact) mass is 231 g/mol. The van der Waals surface area contributed by atoms with Crippen molar-refractivity contribution in [3.63, 3.8) is 0 Å².